The number of thiocarbonyl (C=S) groups is 1. The van der Waals surface area contributed by atoms with Crippen LogP contribution in [0, 0.1) is 5.92 Å². The Morgan fingerprint density at radius 1 is 1.41 bits per heavy atom. The van der Waals surface area contributed by atoms with Gasteiger partial charge in [0, 0.05) is 31.2 Å². The summed E-state index contributed by atoms with van der Waals surface area (Å²) in [5.74, 6) is 1.55. The van der Waals surface area contributed by atoms with Crippen molar-refractivity contribution in [2.24, 2.45) is 5.92 Å². The standard InChI is InChI=1S/C12H19NO2S2/c14-11-4-2-1-3-10(11)9-17-12(16)13-5-7-15-8-6-13/h10H,1-9H2. The van der Waals surface area contributed by atoms with Gasteiger partial charge in [0.2, 0.25) is 0 Å². The molecular formula is C12H19NO2S2. The molecule has 0 bridgehead atoms. The minimum absolute atomic E-state index is 0.243. The molecule has 0 radical (unpaired) electrons. The third-order valence-electron chi connectivity index (χ3n) is 3.36. The lowest BCUT2D eigenvalue weighted by molar-refractivity contribution is -0.123. The van der Waals surface area contributed by atoms with E-state index >= 15 is 0 Å². The number of morpholine rings is 1. The molecule has 1 saturated heterocycles. The number of carbonyl (C=O) groups is 1. The van der Waals surface area contributed by atoms with Gasteiger partial charge in [0.05, 0.1) is 13.2 Å². The topological polar surface area (TPSA) is 29.5 Å². The Kier molecular flexibility index (Phi) is 5.25. The molecule has 1 aliphatic heterocycles. The van der Waals surface area contributed by atoms with E-state index in [-0.39, 0.29) is 5.92 Å². The quantitative estimate of drug-likeness (QED) is 0.719. The van der Waals surface area contributed by atoms with Crippen LogP contribution in [-0.4, -0.2) is 47.1 Å². The molecule has 0 aromatic carbocycles. The third-order valence-corrected chi connectivity index (χ3v) is 5.04. The van der Waals surface area contributed by atoms with Gasteiger partial charge in [-0.25, -0.2) is 0 Å². The van der Waals surface area contributed by atoms with Gasteiger partial charge in [-0.3, -0.25) is 4.79 Å². The maximum Gasteiger partial charge on any atom is 0.136 e. The van der Waals surface area contributed by atoms with E-state index < -0.39 is 0 Å². The van der Waals surface area contributed by atoms with Crippen LogP contribution in [-0.2, 0) is 9.53 Å². The first-order chi connectivity index (χ1) is 8.27. The summed E-state index contributed by atoms with van der Waals surface area (Å²) in [6, 6.07) is 0. The SMILES string of the molecule is O=C1CCCCC1CSC(=S)N1CCOCC1. The average molecular weight is 273 g/mol. The van der Waals surface area contributed by atoms with Crippen LogP contribution in [0.4, 0.5) is 0 Å². The van der Waals surface area contributed by atoms with E-state index in [4.69, 9.17) is 17.0 Å². The maximum atomic E-state index is 11.7. The molecule has 5 heteroatoms. The summed E-state index contributed by atoms with van der Waals surface area (Å²) in [6.45, 7) is 3.32. The van der Waals surface area contributed by atoms with Crippen molar-refractivity contribution in [3.63, 3.8) is 0 Å². The Balaban J connectivity index is 1.73. The lowest BCUT2D eigenvalue weighted by Gasteiger charge is -2.29. The summed E-state index contributed by atoms with van der Waals surface area (Å²) in [5, 5.41) is 0. The summed E-state index contributed by atoms with van der Waals surface area (Å²) in [7, 11) is 0. The van der Waals surface area contributed by atoms with Crippen molar-refractivity contribution >= 4 is 34.1 Å². The fourth-order valence-corrected chi connectivity index (χ4v) is 3.69. The molecule has 17 heavy (non-hydrogen) atoms. The van der Waals surface area contributed by atoms with Crippen molar-refractivity contribution in [1.29, 1.82) is 0 Å². The molecule has 1 unspecified atom stereocenters. The Hall–Kier alpha value is -0.130. The summed E-state index contributed by atoms with van der Waals surface area (Å²) < 4.78 is 6.23. The van der Waals surface area contributed by atoms with Crippen LogP contribution in [0.3, 0.4) is 0 Å². The highest BCUT2D eigenvalue weighted by Crippen LogP contribution is 2.25. The molecule has 0 spiro atoms. The summed E-state index contributed by atoms with van der Waals surface area (Å²) in [4.78, 5) is 13.9. The molecule has 0 N–H and O–H groups in total. The van der Waals surface area contributed by atoms with E-state index in [0.29, 0.717) is 5.78 Å². The minimum Gasteiger partial charge on any atom is -0.378 e. The number of ketones is 1. The first kappa shape index (κ1) is 13.3. The second-order valence-corrected chi connectivity index (χ2v) is 6.24. The highest BCUT2D eigenvalue weighted by atomic mass is 32.2. The van der Waals surface area contributed by atoms with Crippen molar-refractivity contribution < 1.29 is 9.53 Å². The largest absolute Gasteiger partial charge is 0.378 e. The predicted molar refractivity (Wildman–Crippen MR) is 74.4 cm³/mol. The number of ether oxygens (including phenoxy) is 1. The fourth-order valence-electron chi connectivity index (χ4n) is 2.24. The Morgan fingerprint density at radius 3 is 2.88 bits per heavy atom. The molecule has 96 valence electrons. The molecule has 0 aromatic rings. The van der Waals surface area contributed by atoms with Crippen LogP contribution in [0.25, 0.3) is 0 Å². The molecule has 2 aliphatic rings. The lowest BCUT2D eigenvalue weighted by Crippen LogP contribution is -2.39. The van der Waals surface area contributed by atoms with Crippen molar-refractivity contribution in [1.82, 2.24) is 4.90 Å². The van der Waals surface area contributed by atoms with E-state index in [1.807, 2.05) is 0 Å². The van der Waals surface area contributed by atoms with E-state index in [1.54, 1.807) is 11.8 Å². The Bertz CT molecular complexity index is 290. The fraction of sp³-hybridized carbons (Fsp3) is 0.833. The number of nitrogens with zero attached hydrogens (tertiary/aromatic N) is 1. The van der Waals surface area contributed by atoms with Crippen LogP contribution in [0.15, 0.2) is 0 Å². The van der Waals surface area contributed by atoms with E-state index in [0.717, 1.165) is 55.6 Å². The number of hydrogen-bond donors (Lipinski definition) is 0. The van der Waals surface area contributed by atoms with E-state index in [9.17, 15) is 4.79 Å². The van der Waals surface area contributed by atoms with Gasteiger partial charge in [-0.15, -0.1) is 0 Å². The van der Waals surface area contributed by atoms with Crippen LogP contribution in [0.1, 0.15) is 25.7 Å². The zero-order chi connectivity index (χ0) is 12.1. The molecule has 0 amide bonds. The van der Waals surface area contributed by atoms with Crippen LogP contribution >= 0.6 is 24.0 Å². The maximum absolute atomic E-state index is 11.7. The van der Waals surface area contributed by atoms with Gasteiger partial charge < -0.3 is 9.64 Å². The van der Waals surface area contributed by atoms with Crippen molar-refractivity contribution in [3.05, 3.63) is 0 Å². The van der Waals surface area contributed by atoms with Crippen molar-refractivity contribution in [2.45, 2.75) is 25.7 Å². The van der Waals surface area contributed by atoms with Crippen molar-refractivity contribution in [3.8, 4) is 0 Å². The van der Waals surface area contributed by atoms with Crippen LogP contribution in [0.2, 0.25) is 0 Å². The predicted octanol–water partition coefficient (Wildman–Crippen LogP) is 2.10. The van der Waals surface area contributed by atoms with E-state index in [1.165, 1.54) is 6.42 Å². The first-order valence-corrected chi connectivity index (χ1v) is 7.69. The molecule has 2 rings (SSSR count). The van der Waals surface area contributed by atoms with Crippen molar-refractivity contribution in [2.75, 3.05) is 32.1 Å². The lowest BCUT2D eigenvalue weighted by atomic mass is 9.89. The smallest absolute Gasteiger partial charge is 0.136 e. The molecule has 1 atom stereocenters. The second kappa shape index (κ2) is 6.71. The first-order valence-electron chi connectivity index (χ1n) is 6.29. The van der Waals surface area contributed by atoms with Gasteiger partial charge in [0.25, 0.3) is 0 Å². The number of Topliss-reactive ketones (excluding diaryl/α,β-unsaturated/α-hetero) is 1. The zero-order valence-electron chi connectivity index (χ0n) is 10.0. The molecule has 1 saturated carbocycles. The number of thioether (sulfide) groups is 1. The van der Waals surface area contributed by atoms with Crippen LogP contribution < -0.4 is 0 Å². The van der Waals surface area contributed by atoms with E-state index in [2.05, 4.69) is 4.90 Å². The molecule has 1 aliphatic carbocycles. The summed E-state index contributed by atoms with van der Waals surface area (Å²) in [6.07, 6.45) is 4.10. The van der Waals surface area contributed by atoms with Gasteiger partial charge in [-0.05, 0) is 12.8 Å². The molecule has 2 fully saturated rings. The zero-order valence-corrected chi connectivity index (χ0v) is 11.7. The summed E-state index contributed by atoms with van der Waals surface area (Å²) in [5.41, 5.74) is 0. The number of hydrogen-bond acceptors (Lipinski definition) is 4. The number of rotatable bonds is 2. The third kappa shape index (κ3) is 3.93. The van der Waals surface area contributed by atoms with Gasteiger partial charge in [-0.1, -0.05) is 30.4 Å². The minimum atomic E-state index is 0.243. The summed E-state index contributed by atoms with van der Waals surface area (Å²) >= 11 is 7.08. The molecule has 1 heterocycles. The molecule has 0 aromatic heterocycles. The Labute approximate surface area is 112 Å². The normalized spacial score (nSPS) is 26.0. The highest BCUT2D eigenvalue weighted by Gasteiger charge is 2.23. The monoisotopic (exact) mass is 273 g/mol. The number of carbonyl (C=O) groups excluding carboxylic acids is 1. The van der Waals surface area contributed by atoms with Gasteiger partial charge >= 0.3 is 0 Å². The molecule has 3 nitrogen and oxygen atoms in total. The average Bonchev–Trinajstić information content (AvgIpc) is 2.38. The Morgan fingerprint density at radius 2 is 2.18 bits per heavy atom. The van der Waals surface area contributed by atoms with Gasteiger partial charge in [-0.2, -0.15) is 0 Å². The van der Waals surface area contributed by atoms with Gasteiger partial charge in [0.15, 0.2) is 0 Å². The van der Waals surface area contributed by atoms with Crippen LogP contribution in [0.5, 0.6) is 0 Å². The van der Waals surface area contributed by atoms with Gasteiger partial charge in [0.1, 0.15) is 10.1 Å². The highest BCUT2D eigenvalue weighted by molar-refractivity contribution is 8.22. The second-order valence-electron chi connectivity index (χ2n) is 4.59. The molecular weight excluding hydrogens is 254 g/mol.